The summed E-state index contributed by atoms with van der Waals surface area (Å²) in [6.45, 7) is 1.73. The molecule has 0 atom stereocenters. The Morgan fingerprint density at radius 2 is 1.97 bits per heavy atom. The van der Waals surface area contributed by atoms with E-state index in [0.717, 1.165) is 0 Å². The molecule has 1 aromatic heterocycles. The number of anilines is 1. The predicted octanol–water partition coefficient (Wildman–Crippen LogP) is 1.39. The molecule has 1 fully saturated rings. The van der Waals surface area contributed by atoms with E-state index in [9.17, 15) is 13.2 Å². The molecule has 11 heteroatoms. The number of carbonyl (C=O) groups excluding carboxylic acids is 1. The maximum Gasteiger partial charge on any atom is 0.255 e. The molecule has 2 aromatic rings. The number of pyridine rings is 1. The Hall–Kier alpha value is -2.73. The number of amides is 1. The second kappa shape index (κ2) is 10.5. The number of aromatic nitrogens is 1. The van der Waals surface area contributed by atoms with Crippen LogP contribution in [0.1, 0.15) is 10.4 Å². The Labute approximate surface area is 181 Å². The molecule has 1 aliphatic heterocycles. The third-order valence-corrected chi connectivity index (χ3v) is 6.48. The first-order valence-corrected chi connectivity index (χ1v) is 11.1. The molecule has 0 radical (unpaired) electrons. The Kier molecular flexibility index (Phi) is 7.80. The minimum Gasteiger partial charge on any atom is -0.495 e. The molecular formula is C20H25N3O7S. The third kappa shape index (κ3) is 5.50. The number of ether oxygens (including phenoxy) is 4. The lowest BCUT2D eigenvalue weighted by Gasteiger charge is -2.26. The van der Waals surface area contributed by atoms with Gasteiger partial charge in [-0.3, -0.25) is 4.79 Å². The second-order valence-electron chi connectivity index (χ2n) is 6.53. The summed E-state index contributed by atoms with van der Waals surface area (Å²) in [5.41, 5.74) is 0.510. The summed E-state index contributed by atoms with van der Waals surface area (Å²) in [5, 5.41) is 2.71. The van der Waals surface area contributed by atoms with Crippen molar-refractivity contribution in [2.75, 3.05) is 59.1 Å². The van der Waals surface area contributed by atoms with E-state index in [1.807, 2.05) is 0 Å². The fourth-order valence-corrected chi connectivity index (χ4v) is 4.55. The average Bonchev–Trinajstić information content (AvgIpc) is 2.80. The van der Waals surface area contributed by atoms with Gasteiger partial charge in [0.2, 0.25) is 15.9 Å². The highest BCUT2D eigenvalue weighted by molar-refractivity contribution is 7.89. The standard InChI is InChI=1S/C20H25N3O7S/c1-27-12-13-30-20-16(4-3-7-21-20)22-19(24)15-5-6-17(28-2)18(14-15)31(25,26)23-8-10-29-11-9-23/h3-7,14H,8-13H2,1-2H3,(H,22,24). The number of hydrogen-bond acceptors (Lipinski definition) is 8. The predicted molar refractivity (Wildman–Crippen MR) is 112 cm³/mol. The number of nitrogens with one attached hydrogen (secondary N) is 1. The third-order valence-electron chi connectivity index (χ3n) is 4.56. The molecule has 0 saturated carbocycles. The molecule has 1 saturated heterocycles. The number of sulfonamides is 1. The van der Waals surface area contributed by atoms with Gasteiger partial charge in [-0.15, -0.1) is 0 Å². The quantitative estimate of drug-likeness (QED) is 0.569. The molecule has 1 aromatic carbocycles. The van der Waals surface area contributed by atoms with E-state index in [-0.39, 0.29) is 41.8 Å². The van der Waals surface area contributed by atoms with Crippen molar-refractivity contribution in [3.8, 4) is 11.6 Å². The molecular weight excluding hydrogens is 426 g/mol. The normalized spacial score (nSPS) is 14.8. The highest BCUT2D eigenvalue weighted by Gasteiger charge is 2.30. The second-order valence-corrected chi connectivity index (χ2v) is 8.44. The van der Waals surface area contributed by atoms with Crippen molar-refractivity contribution in [1.82, 2.24) is 9.29 Å². The highest BCUT2D eigenvalue weighted by Crippen LogP contribution is 2.29. The Morgan fingerprint density at radius 3 is 2.68 bits per heavy atom. The molecule has 10 nitrogen and oxygen atoms in total. The van der Waals surface area contributed by atoms with Crippen molar-refractivity contribution in [1.29, 1.82) is 0 Å². The summed E-state index contributed by atoms with van der Waals surface area (Å²) in [6, 6.07) is 7.56. The van der Waals surface area contributed by atoms with E-state index in [1.165, 1.54) is 35.8 Å². The van der Waals surface area contributed by atoms with Gasteiger partial charge in [0.15, 0.2) is 0 Å². The first-order valence-electron chi connectivity index (χ1n) is 9.61. The summed E-state index contributed by atoms with van der Waals surface area (Å²) in [6.07, 6.45) is 1.54. The summed E-state index contributed by atoms with van der Waals surface area (Å²) >= 11 is 0. The van der Waals surface area contributed by atoms with Crippen LogP contribution < -0.4 is 14.8 Å². The van der Waals surface area contributed by atoms with E-state index < -0.39 is 15.9 Å². The Balaban J connectivity index is 1.85. The van der Waals surface area contributed by atoms with Crippen molar-refractivity contribution in [2.45, 2.75) is 4.90 Å². The monoisotopic (exact) mass is 451 g/mol. The topological polar surface area (TPSA) is 116 Å². The average molecular weight is 452 g/mol. The summed E-state index contributed by atoms with van der Waals surface area (Å²) in [7, 11) is -0.925. The number of benzene rings is 1. The maximum absolute atomic E-state index is 13.1. The van der Waals surface area contributed by atoms with Gasteiger partial charge in [0.05, 0.1) is 26.9 Å². The molecule has 1 aliphatic rings. The number of morpholine rings is 1. The largest absolute Gasteiger partial charge is 0.495 e. The van der Waals surface area contributed by atoms with E-state index in [0.29, 0.717) is 25.5 Å². The molecule has 0 unspecified atom stereocenters. The fourth-order valence-electron chi connectivity index (χ4n) is 2.96. The SMILES string of the molecule is COCCOc1ncccc1NC(=O)c1ccc(OC)c(S(=O)(=O)N2CCOCC2)c1. The van der Waals surface area contributed by atoms with Crippen LogP contribution in [0.3, 0.4) is 0 Å². The molecule has 2 heterocycles. The number of rotatable bonds is 9. The van der Waals surface area contributed by atoms with Crippen molar-refractivity contribution < 1.29 is 32.2 Å². The number of nitrogens with zero attached hydrogens (tertiary/aromatic N) is 2. The van der Waals surface area contributed by atoms with Crippen LogP contribution in [0, 0.1) is 0 Å². The highest BCUT2D eigenvalue weighted by atomic mass is 32.2. The van der Waals surface area contributed by atoms with Gasteiger partial charge in [-0.05, 0) is 30.3 Å². The number of methoxy groups -OCH3 is 2. The van der Waals surface area contributed by atoms with E-state index in [2.05, 4.69) is 10.3 Å². The van der Waals surface area contributed by atoms with Crippen LogP contribution in [0.15, 0.2) is 41.4 Å². The van der Waals surface area contributed by atoms with Crippen LogP contribution >= 0.6 is 0 Å². The fraction of sp³-hybridized carbons (Fsp3) is 0.400. The van der Waals surface area contributed by atoms with Gasteiger partial charge in [0.25, 0.3) is 5.91 Å². The first-order chi connectivity index (χ1) is 15.0. The van der Waals surface area contributed by atoms with Crippen LogP contribution in [0.2, 0.25) is 0 Å². The molecule has 0 aliphatic carbocycles. The van der Waals surface area contributed by atoms with Crippen molar-refractivity contribution in [2.24, 2.45) is 0 Å². The molecule has 0 bridgehead atoms. The molecule has 1 amide bonds. The molecule has 3 rings (SSSR count). The summed E-state index contributed by atoms with van der Waals surface area (Å²) < 4.78 is 48.5. The van der Waals surface area contributed by atoms with Crippen LogP contribution in [-0.4, -0.2) is 77.4 Å². The molecule has 0 spiro atoms. The van der Waals surface area contributed by atoms with E-state index >= 15 is 0 Å². The van der Waals surface area contributed by atoms with Gasteiger partial charge < -0.3 is 24.3 Å². The van der Waals surface area contributed by atoms with Crippen LogP contribution in [0.25, 0.3) is 0 Å². The lowest BCUT2D eigenvalue weighted by Crippen LogP contribution is -2.40. The summed E-state index contributed by atoms with van der Waals surface area (Å²) in [4.78, 5) is 16.9. The van der Waals surface area contributed by atoms with Crippen molar-refractivity contribution in [3.05, 3.63) is 42.1 Å². The van der Waals surface area contributed by atoms with Crippen LogP contribution in [0.4, 0.5) is 5.69 Å². The zero-order valence-electron chi connectivity index (χ0n) is 17.4. The van der Waals surface area contributed by atoms with E-state index in [1.54, 1.807) is 19.2 Å². The van der Waals surface area contributed by atoms with Crippen molar-refractivity contribution >= 4 is 21.6 Å². The number of carbonyl (C=O) groups is 1. The van der Waals surface area contributed by atoms with E-state index in [4.69, 9.17) is 18.9 Å². The van der Waals surface area contributed by atoms with Crippen molar-refractivity contribution in [3.63, 3.8) is 0 Å². The van der Waals surface area contributed by atoms with Gasteiger partial charge in [-0.2, -0.15) is 4.31 Å². The molecule has 168 valence electrons. The maximum atomic E-state index is 13.1. The van der Waals surface area contributed by atoms with Gasteiger partial charge >= 0.3 is 0 Å². The number of hydrogen-bond donors (Lipinski definition) is 1. The Morgan fingerprint density at radius 1 is 1.19 bits per heavy atom. The van der Waals surface area contributed by atoms with Gasteiger partial charge in [0, 0.05) is 32.0 Å². The van der Waals surface area contributed by atoms with Gasteiger partial charge in [-0.1, -0.05) is 0 Å². The molecule has 1 N–H and O–H groups in total. The molecule has 31 heavy (non-hydrogen) atoms. The van der Waals surface area contributed by atoms with Gasteiger partial charge in [0.1, 0.15) is 22.9 Å². The first kappa shape index (κ1) is 22.9. The van der Waals surface area contributed by atoms with Gasteiger partial charge in [-0.25, -0.2) is 13.4 Å². The lowest BCUT2D eigenvalue weighted by molar-refractivity contribution is 0.0729. The zero-order valence-corrected chi connectivity index (χ0v) is 18.2. The lowest BCUT2D eigenvalue weighted by atomic mass is 10.2. The Bertz CT molecular complexity index is 1010. The minimum absolute atomic E-state index is 0.0766. The smallest absolute Gasteiger partial charge is 0.255 e. The van der Waals surface area contributed by atoms with Crippen LogP contribution in [-0.2, 0) is 19.5 Å². The minimum atomic E-state index is -3.86. The summed E-state index contributed by atoms with van der Waals surface area (Å²) in [5.74, 6) is -0.110. The zero-order chi connectivity index (χ0) is 22.3. The van der Waals surface area contributed by atoms with Crippen LogP contribution in [0.5, 0.6) is 11.6 Å².